The Morgan fingerprint density at radius 3 is 2.10 bits per heavy atom. The van der Waals surface area contributed by atoms with Crippen LogP contribution >= 0.6 is 11.6 Å². The molecule has 0 spiro atoms. The zero-order valence-electron chi connectivity index (χ0n) is 15.7. The van der Waals surface area contributed by atoms with Crippen LogP contribution in [-0.2, 0) is 26.5 Å². The summed E-state index contributed by atoms with van der Waals surface area (Å²) in [5, 5.41) is 0.344. The first kappa shape index (κ1) is 20.6. The Bertz CT molecular complexity index is 1170. The molecule has 2 aromatic carbocycles. The zero-order valence-corrected chi connectivity index (χ0v) is 18.0. The van der Waals surface area contributed by atoms with Gasteiger partial charge in [-0.3, -0.25) is 0 Å². The van der Waals surface area contributed by atoms with Gasteiger partial charge in [-0.15, -0.1) is 0 Å². The Labute approximate surface area is 176 Å². The second-order valence-electron chi connectivity index (χ2n) is 7.08. The van der Waals surface area contributed by atoms with Crippen molar-refractivity contribution in [2.24, 2.45) is 0 Å². The summed E-state index contributed by atoms with van der Waals surface area (Å²) in [7, 11) is -7.32. The molecule has 9 heteroatoms. The molecule has 29 heavy (non-hydrogen) atoms. The van der Waals surface area contributed by atoms with E-state index in [0.29, 0.717) is 22.8 Å². The van der Waals surface area contributed by atoms with Gasteiger partial charge in [-0.25, -0.2) is 16.8 Å². The number of aryl methyl sites for hydroxylation is 1. The molecule has 0 bridgehead atoms. The third-order valence-corrected chi connectivity index (χ3v) is 9.47. The maximum absolute atomic E-state index is 13.1. The number of fused-ring (bicyclic) bond motifs is 1. The monoisotopic (exact) mass is 452 g/mol. The van der Waals surface area contributed by atoms with Gasteiger partial charge in [0.15, 0.2) is 0 Å². The number of allylic oxidation sites excluding steroid dienone is 1. The number of nitrogens with zero attached hydrogens (tertiary/aromatic N) is 2. The van der Waals surface area contributed by atoms with Crippen LogP contribution in [0.15, 0.2) is 58.3 Å². The molecule has 0 atom stereocenters. The molecule has 0 amide bonds. The number of hydrogen-bond acceptors (Lipinski definition) is 4. The molecule has 0 radical (unpaired) electrons. The molecule has 1 heterocycles. The van der Waals surface area contributed by atoms with E-state index in [-0.39, 0.29) is 31.1 Å². The van der Waals surface area contributed by atoms with Crippen LogP contribution in [0.2, 0.25) is 5.02 Å². The Balaban J connectivity index is 1.50. The number of benzene rings is 2. The molecule has 1 fully saturated rings. The SMILES string of the molecule is O=S(=O)(C1=Cc2ccccc2CC1)N1CCN(S(=O)(=O)c2cccc(Cl)c2)CC1. The quantitative estimate of drug-likeness (QED) is 0.714. The molecule has 2 aliphatic rings. The first-order valence-corrected chi connectivity index (χ1v) is 12.6. The van der Waals surface area contributed by atoms with E-state index in [2.05, 4.69) is 0 Å². The van der Waals surface area contributed by atoms with Crippen molar-refractivity contribution in [1.29, 1.82) is 0 Å². The number of sulfonamides is 2. The fourth-order valence-electron chi connectivity index (χ4n) is 3.70. The fraction of sp³-hybridized carbons (Fsp3) is 0.300. The van der Waals surface area contributed by atoms with Crippen LogP contribution in [0.5, 0.6) is 0 Å². The molecular weight excluding hydrogens is 432 g/mol. The average molecular weight is 453 g/mol. The van der Waals surface area contributed by atoms with Gasteiger partial charge >= 0.3 is 0 Å². The summed E-state index contributed by atoms with van der Waals surface area (Å²) in [5.41, 5.74) is 2.07. The Morgan fingerprint density at radius 1 is 0.759 bits per heavy atom. The highest BCUT2D eigenvalue weighted by Crippen LogP contribution is 2.30. The van der Waals surface area contributed by atoms with Gasteiger partial charge in [0.25, 0.3) is 0 Å². The predicted molar refractivity (Wildman–Crippen MR) is 113 cm³/mol. The van der Waals surface area contributed by atoms with Crippen molar-refractivity contribution in [1.82, 2.24) is 8.61 Å². The molecule has 1 saturated heterocycles. The molecule has 0 aromatic heterocycles. The molecular formula is C20H21ClN2O4S2. The molecule has 4 rings (SSSR count). The van der Waals surface area contributed by atoms with Crippen LogP contribution in [0, 0.1) is 0 Å². The predicted octanol–water partition coefficient (Wildman–Crippen LogP) is 2.96. The van der Waals surface area contributed by atoms with Crippen molar-refractivity contribution in [3.63, 3.8) is 0 Å². The second-order valence-corrected chi connectivity index (χ2v) is 11.4. The van der Waals surface area contributed by atoms with Gasteiger partial charge in [0, 0.05) is 31.2 Å². The highest BCUT2D eigenvalue weighted by atomic mass is 35.5. The van der Waals surface area contributed by atoms with E-state index in [4.69, 9.17) is 11.6 Å². The van der Waals surface area contributed by atoms with E-state index in [1.54, 1.807) is 18.2 Å². The molecule has 0 saturated carbocycles. The van der Waals surface area contributed by atoms with Crippen molar-refractivity contribution in [3.8, 4) is 0 Å². The number of rotatable bonds is 4. The minimum atomic E-state index is -3.71. The third kappa shape index (κ3) is 4.00. The normalized spacial score (nSPS) is 18.9. The summed E-state index contributed by atoms with van der Waals surface area (Å²) >= 11 is 5.92. The van der Waals surface area contributed by atoms with E-state index in [0.717, 1.165) is 11.1 Å². The van der Waals surface area contributed by atoms with Gasteiger partial charge in [0.2, 0.25) is 20.0 Å². The van der Waals surface area contributed by atoms with Crippen LogP contribution in [0.1, 0.15) is 17.5 Å². The van der Waals surface area contributed by atoms with Crippen molar-refractivity contribution in [3.05, 3.63) is 69.6 Å². The maximum Gasteiger partial charge on any atom is 0.243 e. The lowest BCUT2D eigenvalue weighted by Gasteiger charge is -2.34. The maximum atomic E-state index is 13.1. The van der Waals surface area contributed by atoms with Crippen molar-refractivity contribution in [2.45, 2.75) is 17.7 Å². The third-order valence-electron chi connectivity index (χ3n) is 5.32. The number of halogens is 1. The summed E-state index contributed by atoms with van der Waals surface area (Å²) < 4.78 is 54.5. The van der Waals surface area contributed by atoms with Crippen LogP contribution in [0.3, 0.4) is 0 Å². The Hall–Kier alpha value is -1.71. The van der Waals surface area contributed by atoms with Gasteiger partial charge in [0.05, 0.1) is 9.80 Å². The molecule has 0 N–H and O–H groups in total. The second kappa shape index (κ2) is 7.85. The summed E-state index contributed by atoms with van der Waals surface area (Å²) in [6.07, 6.45) is 2.88. The lowest BCUT2D eigenvalue weighted by molar-refractivity contribution is 0.274. The summed E-state index contributed by atoms with van der Waals surface area (Å²) in [6.45, 7) is 0.470. The number of hydrogen-bond donors (Lipinski definition) is 0. The largest absolute Gasteiger partial charge is 0.243 e. The topological polar surface area (TPSA) is 74.8 Å². The highest BCUT2D eigenvalue weighted by Gasteiger charge is 2.35. The van der Waals surface area contributed by atoms with Gasteiger partial charge in [0.1, 0.15) is 0 Å². The van der Waals surface area contributed by atoms with Crippen LogP contribution in [-0.4, -0.2) is 51.6 Å². The Kier molecular flexibility index (Phi) is 5.56. The number of piperazine rings is 1. The van der Waals surface area contributed by atoms with E-state index in [1.165, 1.54) is 20.7 Å². The first-order chi connectivity index (χ1) is 13.8. The standard InChI is InChI=1S/C20H21ClN2O4S2/c21-18-6-3-7-19(15-18)28(24,25)22-10-12-23(13-11-22)29(26,27)20-9-8-16-4-1-2-5-17(16)14-20/h1-7,14-15H,8-13H2. The van der Waals surface area contributed by atoms with Crippen LogP contribution in [0.4, 0.5) is 0 Å². The van der Waals surface area contributed by atoms with Gasteiger partial charge in [-0.2, -0.15) is 8.61 Å². The average Bonchev–Trinajstić information content (AvgIpc) is 2.73. The first-order valence-electron chi connectivity index (χ1n) is 9.33. The van der Waals surface area contributed by atoms with Crippen LogP contribution < -0.4 is 0 Å². The minimum absolute atomic E-state index is 0.109. The minimum Gasteiger partial charge on any atom is -0.207 e. The van der Waals surface area contributed by atoms with E-state index >= 15 is 0 Å². The van der Waals surface area contributed by atoms with E-state index < -0.39 is 20.0 Å². The van der Waals surface area contributed by atoms with Gasteiger partial charge in [-0.05, 0) is 48.2 Å². The molecule has 6 nitrogen and oxygen atoms in total. The van der Waals surface area contributed by atoms with Crippen molar-refractivity contribution >= 4 is 37.7 Å². The lowest BCUT2D eigenvalue weighted by atomic mass is 9.98. The van der Waals surface area contributed by atoms with Gasteiger partial charge < -0.3 is 0 Å². The molecule has 1 aliphatic heterocycles. The van der Waals surface area contributed by atoms with E-state index in [1.807, 2.05) is 24.3 Å². The highest BCUT2D eigenvalue weighted by molar-refractivity contribution is 7.93. The molecule has 154 valence electrons. The van der Waals surface area contributed by atoms with E-state index in [9.17, 15) is 16.8 Å². The molecule has 1 aliphatic carbocycles. The molecule has 0 unspecified atom stereocenters. The zero-order chi connectivity index (χ0) is 20.6. The Morgan fingerprint density at radius 2 is 1.41 bits per heavy atom. The van der Waals surface area contributed by atoms with Crippen molar-refractivity contribution in [2.75, 3.05) is 26.2 Å². The summed E-state index contributed by atoms with van der Waals surface area (Å²) in [5.74, 6) is 0. The fourth-order valence-corrected chi connectivity index (χ4v) is 7.04. The summed E-state index contributed by atoms with van der Waals surface area (Å²) in [6, 6.07) is 13.9. The summed E-state index contributed by atoms with van der Waals surface area (Å²) in [4.78, 5) is 0.509. The van der Waals surface area contributed by atoms with Gasteiger partial charge in [-0.1, -0.05) is 41.9 Å². The van der Waals surface area contributed by atoms with Crippen molar-refractivity contribution < 1.29 is 16.8 Å². The lowest BCUT2D eigenvalue weighted by Crippen LogP contribution is -2.50. The molecule has 2 aromatic rings. The smallest absolute Gasteiger partial charge is 0.207 e. The van der Waals surface area contributed by atoms with Crippen LogP contribution in [0.25, 0.3) is 6.08 Å².